The van der Waals surface area contributed by atoms with Crippen LogP contribution in [0.4, 0.5) is 0 Å². The molecule has 3 heterocycles. The van der Waals surface area contributed by atoms with Crippen LogP contribution in [0, 0.1) is 6.92 Å². The number of aromatic nitrogens is 3. The molecule has 3 aromatic heterocycles. The summed E-state index contributed by atoms with van der Waals surface area (Å²) in [5, 5.41) is 5.01. The molecule has 0 atom stereocenters. The summed E-state index contributed by atoms with van der Waals surface area (Å²) >= 11 is 6.16. The molecule has 1 amide bonds. The van der Waals surface area contributed by atoms with Crippen LogP contribution in [-0.4, -0.2) is 33.0 Å². The predicted molar refractivity (Wildman–Crippen MR) is 78.1 cm³/mol. The second-order valence-electron chi connectivity index (χ2n) is 4.81. The SMILES string of the molecule is Cc1cc(CN(C)C(=O)c2c[nH]c3nccc(Cl)c23)no1. The Hall–Kier alpha value is -2.34. The molecule has 0 bridgehead atoms. The second-order valence-corrected chi connectivity index (χ2v) is 5.22. The number of carbonyl (C=O) groups excluding carboxylic acids is 1. The summed E-state index contributed by atoms with van der Waals surface area (Å²) in [5.74, 6) is 0.557. The van der Waals surface area contributed by atoms with Crippen molar-refractivity contribution in [3.05, 3.63) is 46.6 Å². The highest BCUT2D eigenvalue weighted by Gasteiger charge is 2.19. The summed E-state index contributed by atoms with van der Waals surface area (Å²) in [6.07, 6.45) is 3.22. The Morgan fingerprint density at radius 2 is 2.33 bits per heavy atom. The van der Waals surface area contributed by atoms with Gasteiger partial charge in [0.2, 0.25) is 0 Å². The van der Waals surface area contributed by atoms with E-state index in [4.69, 9.17) is 16.1 Å². The van der Waals surface area contributed by atoms with Crippen molar-refractivity contribution in [1.82, 2.24) is 20.0 Å². The predicted octanol–water partition coefficient (Wildman–Crippen LogP) is 2.78. The highest BCUT2D eigenvalue weighted by molar-refractivity contribution is 6.36. The summed E-state index contributed by atoms with van der Waals surface area (Å²) in [7, 11) is 1.70. The Kier molecular flexibility index (Phi) is 3.39. The zero-order chi connectivity index (χ0) is 15.0. The van der Waals surface area contributed by atoms with Crippen molar-refractivity contribution in [1.29, 1.82) is 0 Å². The largest absolute Gasteiger partial charge is 0.361 e. The van der Waals surface area contributed by atoms with Gasteiger partial charge in [-0.25, -0.2) is 4.98 Å². The molecule has 0 aliphatic heterocycles. The molecular weight excluding hydrogens is 292 g/mol. The van der Waals surface area contributed by atoms with Crippen LogP contribution in [0.5, 0.6) is 0 Å². The molecule has 108 valence electrons. The third-order valence-electron chi connectivity index (χ3n) is 3.18. The van der Waals surface area contributed by atoms with Gasteiger partial charge in [0.25, 0.3) is 5.91 Å². The topological polar surface area (TPSA) is 75.0 Å². The van der Waals surface area contributed by atoms with Gasteiger partial charge in [0, 0.05) is 25.5 Å². The zero-order valence-electron chi connectivity index (χ0n) is 11.6. The second kappa shape index (κ2) is 5.21. The molecule has 0 saturated heterocycles. The number of hydrogen-bond donors (Lipinski definition) is 1. The molecular formula is C14H13ClN4O2. The van der Waals surface area contributed by atoms with Crippen molar-refractivity contribution in [3.63, 3.8) is 0 Å². The van der Waals surface area contributed by atoms with E-state index in [1.54, 1.807) is 36.5 Å². The number of nitrogens with one attached hydrogen (secondary N) is 1. The van der Waals surface area contributed by atoms with E-state index < -0.39 is 0 Å². The lowest BCUT2D eigenvalue weighted by Crippen LogP contribution is -2.26. The van der Waals surface area contributed by atoms with Crippen LogP contribution in [-0.2, 0) is 6.54 Å². The highest BCUT2D eigenvalue weighted by atomic mass is 35.5. The zero-order valence-corrected chi connectivity index (χ0v) is 12.3. The minimum atomic E-state index is -0.156. The molecule has 21 heavy (non-hydrogen) atoms. The fourth-order valence-electron chi connectivity index (χ4n) is 2.20. The van der Waals surface area contributed by atoms with E-state index in [9.17, 15) is 4.79 Å². The van der Waals surface area contributed by atoms with E-state index in [1.807, 2.05) is 6.92 Å². The summed E-state index contributed by atoms with van der Waals surface area (Å²) < 4.78 is 5.00. The lowest BCUT2D eigenvalue weighted by molar-refractivity contribution is 0.0784. The quantitative estimate of drug-likeness (QED) is 0.807. The lowest BCUT2D eigenvalue weighted by Gasteiger charge is -2.15. The number of pyridine rings is 1. The molecule has 1 N–H and O–H groups in total. The number of halogens is 1. The van der Waals surface area contributed by atoms with Gasteiger partial charge in [-0.3, -0.25) is 4.79 Å². The third kappa shape index (κ3) is 2.50. The molecule has 0 aliphatic carbocycles. The maximum absolute atomic E-state index is 12.5. The molecule has 3 rings (SSSR count). The van der Waals surface area contributed by atoms with Crippen LogP contribution in [0.15, 0.2) is 29.0 Å². The van der Waals surface area contributed by atoms with Gasteiger partial charge in [0.15, 0.2) is 0 Å². The van der Waals surface area contributed by atoms with Gasteiger partial charge < -0.3 is 14.4 Å². The Balaban J connectivity index is 1.89. The van der Waals surface area contributed by atoms with Gasteiger partial charge in [0.1, 0.15) is 17.1 Å². The highest BCUT2D eigenvalue weighted by Crippen LogP contribution is 2.26. The van der Waals surface area contributed by atoms with E-state index >= 15 is 0 Å². The molecule has 0 radical (unpaired) electrons. The smallest absolute Gasteiger partial charge is 0.256 e. The molecule has 7 heteroatoms. The molecule has 0 aliphatic rings. The van der Waals surface area contributed by atoms with Gasteiger partial charge in [-0.1, -0.05) is 16.8 Å². The first-order valence-electron chi connectivity index (χ1n) is 6.35. The summed E-state index contributed by atoms with van der Waals surface area (Å²) in [5.41, 5.74) is 1.79. The molecule has 6 nitrogen and oxygen atoms in total. The minimum Gasteiger partial charge on any atom is -0.361 e. The number of hydrogen-bond acceptors (Lipinski definition) is 4. The monoisotopic (exact) mass is 304 g/mol. The fraction of sp³-hybridized carbons (Fsp3) is 0.214. The maximum atomic E-state index is 12.5. The van der Waals surface area contributed by atoms with E-state index in [0.29, 0.717) is 39.6 Å². The number of nitrogens with zero attached hydrogens (tertiary/aromatic N) is 3. The van der Waals surface area contributed by atoms with Crippen molar-refractivity contribution >= 4 is 28.5 Å². The standard InChI is InChI=1S/C14H13ClN4O2/c1-8-5-9(18-21-8)7-19(2)14(20)10-6-17-13-12(10)11(15)3-4-16-13/h3-6H,7H2,1-2H3,(H,16,17). The van der Waals surface area contributed by atoms with E-state index in [2.05, 4.69) is 15.1 Å². The van der Waals surface area contributed by atoms with Crippen molar-refractivity contribution < 1.29 is 9.32 Å². The van der Waals surface area contributed by atoms with Gasteiger partial charge in [0.05, 0.1) is 22.5 Å². The number of aromatic amines is 1. The Bertz CT molecular complexity index is 808. The average molecular weight is 305 g/mol. The van der Waals surface area contributed by atoms with Crippen LogP contribution in [0.1, 0.15) is 21.8 Å². The van der Waals surface area contributed by atoms with Crippen LogP contribution in [0.2, 0.25) is 5.02 Å². The number of carbonyl (C=O) groups is 1. The number of rotatable bonds is 3. The first-order valence-corrected chi connectivity index (χ1v) is 6.73. The Labute approximate surface area is 125 Å². The van der Waals surface area contributed by atoms with Gasteiger partial charge in [-0.05, 0) is 13.0 Å². The number of amides is 1. The summed E-state index contributed by atoms with van der Waals surface area (Å²) in [4.78, 5) is 21.2. The van der Waals surface area contributed by atoms with Crippen molar-refractivity contribution in [2.75, 3.05) is 7.05 Å². The van der Waals surface area contributed by atoms with Gasteiger partial charge >= 0.3 is 0 Å². The molecule has 3 aromatic rings. The first-order chi connectivity index (χ1) is 10.1. The molecule has 0 unspecified atom stereocenters. The van der Waals surface area contributed by atoms with Crippen LogP contribution < -0.4 is 0 Å². The normalized spacial score (nSPS) is 11.0. The number of H-pyrrole nitrogens is 1. The van der Waals surface area contributed by atoms with Crippen LogP contribution in [0.25, 0.3) is 11.0 Å². The molecule has 0 saturated carbocycles. The van der Waals surface area contributed by atoms with Gasteiger partial charge in [-0.15, -0.1) is 0 Å². The lowest BCUT2D eigenvalue weighted by atomic mass is 10.2. The van der Waals surface area contributed by atoms with Crippen molar-refractivity contribution in [3.8, 4) is 0 Å². The minimum absolute atomic E-state index is 0.156. The number of fused-ring (bicyclic) bond motifs is 1. The third-order valence-corrected chi connectivity index (χ3v) is 3.49. The first kappa shape index (κ1) is 13.6. The van der Waals surface area contributed by atoms with Crippen molar-refractivity contribution in [2.24, 2.45) is 0 Å². The Morgan fingerprint density at radius 1 is 1.52 bits per heavy atom. The molecule has 0 fully saturated rings. The fourth-order valence-corrected chi connectivity index (χ4v) is 2.45. The summed E-state index contributed by atoms with van der Waals surface area (Å²) in [6, 6.07) is 3.46. The average Bonchev–Trinajstić information content (AvgIpc) is 3.05. The number of aryl methyl sites for hydroxylation is 1. The Morgan fingerprint density at radius 3 is 3.05 bits per heavy atom. The molecule has 0 spiro atoms. The van der Waals surface area contributed by atoms with E-state index in [1.165, 1.54) is 0 Å². The van der Waals surface area contributed by atoms with Crippen molar-refractivity contribution in [2.45, 2.75) is 13.5 Å². The van der Waals surface area contributed by atoms with E-state index in [0.717, 1.165) is 0 Å². The van der Waals surface area contributed by atoms with Crippen LogP contribution in [0.3, 0.4) is 0 Å². The maximum Gasteiger partial charge on any atom is 0.256 e. The molecule has 0 aromatic carbocycles. The summed E-state index contributed by atoms with van der Waals surface area (Å²) in [6.45, 7) is 2.17. The van der Waals surface area contributed by atoms with Crippen LogP contribution >= 0.6 is 11.6 Å². The van der Waals surface area contributed by atoms with Gasteiger partial charge in [-0.2, -0.15) is 0 Å². The van der Waals surface area contributed by atoms with E-state index in [-0.39, 0.29) is 5.91 Å².